The summed E-state index contributed by atoms with van der Waals surface area (Å²) in [6.45, 7) is 2.51. The van der Waals surface area contributed by atoms with E-state index in [1.54, 1.807) is 36.4 Å². The van der Waals surface area contributed by atoms with Crippen molar-refractivity contribution in [2.75, 3.05) is 19.6 Å². The quantitative estimate of drug-likeness (QED) is 0.402. The van der Waals surface area contributed by atoms with Crippen molar-refractivity contribution in [2.45, 2.75) is 31.3 Å². The highest BCUT2D eigenvalue weighted by molar-refractivity contribution is 6.31. The van der Waals surface area contributed by atoms with Crippen molar-refractivity contribution in [1.29, 1.82) is 0 Å². The highest BCUT2D eigenvalue weighted by Gasteiger charge is 2.33. The molecule has 6 nitrogen and oxygen atoms in total. The molecular formula is C28H26Cl3N3O3. The minimum atomic E-state index is -0.694. The fourth-order valence-electron chi connectivity index (χ4n) is 4.88. The molecule has 192 valence electrons. The highest BCUT2D eigenvalue weighted by Crippen LogP contribution is 2.45. The molecule has 0 saturated carbocycles. The van der Waals surface area contributed by atoms with Gasteiger partial charge in [-0.05, 0) is 66.9 Å². The average molecular weight is 559 g/mol. The number of fused-ring (bicyclic) bond motifs is 2. The van der Waals surface area contributed by atoms with Crippen LogP contribution < -0.4 is 15.4 Å². The molecule has 3 aromatic rings. The first-order valence-electron chi connectivity index (χ1n) is 12.2. The van der Waals surface area contributed by atoms with Crippen LogP contribution in [0.3, 0.4) is 0 Å². The normalized spacial score (nSPS) is 15.9. The monoisotopic (exact) mass is 557 g/mol. The predicted octanol–water partition coefficient (Wildman–Crippen LogP) is 5.78. The van der Waals surface area contributed by atoms with Crippen LogP contribution in [0.15, 0.2) is 60.7 Å². The second-order valence-corrected chi connectivity index (χ2v) is 10.7. The van der Waals surface area contributed by atoms with E-state index in [1.807, 2.05) is 24.3 Å². The van der Waals surface area contributed by atoms with Crippen LogP contribution in [0.2, 0.25) is 15.1 Å². The fraction of sp³-hybridized carbons (Fsp3) is 0.286. The molecule has 37 heavy (non-hydrogen) atoms. The Bertz CT molecular complexity index is 1260. The van der Waals surface area contributed by atoms with Crippen molar-refractivity contribution in [2.24, 2.45) is 0 Å². The maximum absolute atomic E-state index is 13.3. The average Bonchev–Trinajstić information content (AvgIpc) is 2.88. The van der Waals surface area contributed by atoms with Gasteiger partial charge >= 0.3 is 0 Å². The number of rotatable bonds is 6. The molecule has 0 unspecified atom stereocenters. The Hall–Kier alpha value is -2.77. The van der Waals surface area contributed by atoms with Crippen LogP contribution in [0.25, 0.3) is 0 Å². The van der Waals surface area contributed by atoms with Crippen LogP contribution in [0.5, 0.6) is 11.5 Å². The number of halogens is 3. The van der Waals surface area contributed by atoms with Crippen LogP contribution in [0.4, 0.5) is 0 Å². The summed E-state index contributed by atoms with van der Waals surface area (Å²) in [6.07, 6.45) is 1.70. The molecule has 0 aliphatic carbocycles. The van der Waals surface area contributed by atoms with Crippen molar-refractivity contribution >= 4 is 46.6 Å². The summed E-state index contributed by atoms with van der Waals surface area (Å²) < 4.78 is 5.96. The highest BCUT2D eigenvalue weighted by atomic mass is 35.5. The second-order valence-electron chi connectivity index (χ2n) is 9.36. The topological polar surface area (TPSA) is 70.7 Å². The Morgan fingerprint density at radius 3 is 2.00 bits per heavy atom. The van der Waals surface area contributed by atoms with E-state index in [1.165, 1.54) is 5.56 Å². The Balaban J connectivity index is 1.16. The van der Waals surface area contributed by atoms with Crippen molar-refractivity contribution in [1.82, 2.24) is 15.5 Å². The van der Waals surface area contributed by atoms with E-state index in [9.17, 15) is 9.59 Å². The number of carbonyl (C=O) groups is 2. The van der Waals surface area contributed by atoms with E-state index in [4.69, 9.17) is 39.5 Å². The van der Waals surface area contributed by atoms with Gasteiger partial charge in [0.1, 0.15) is 11.5 Å². The molecule has 0 bridgehead atoms. The largest absolute Gasteiger partial charge is 0.457 e. The van der Waals surface area contributed by atoms with E-state index in [0.717, 1.165) is 37.5 Å². The molecule has 0 spiro atoms. The lowest BCUT2D eigenvalue weighted by atomic mass is 9.87. The van der Waals surface area contributed by atoms with Gasteiger partial charge in [-0.3, -0.25) is 14.5 Å². The summed E-state index contributed by atoms with van der Waals surface area (Å²) in [7, 11) is 0. The molecule has 0 aromatic heterocycles. The first kappa shape index (κ1) is 25.9. The molecule has 9 heteroatoms. The molecule has 1 fully saturated rings. The number of ether oxygens (including phenoxy) is 1. The number of amides is 2. The molecule has 0 atom stereocenters. The summed E-state index contributed by atoms with van der Waals surface area (Å²) in [5, 5.41) is 7.57. The van der Waals surface area contributed by atoms with Crippen LogP contribution >= 0.6 is 34.8 Å². The Morgan fingerprint density at radius 2 is 1.41 bits per heavy atom. The summed E-state index contributed by atoms with van der Waals surface area (Å²) >= 11 is 18.4. The van der Waals surface area contributed by atoms with Gasteiger partial charge in [0.05, 0.1) is 12.5 Å². The van der Waals surface area contributed by atoms with Crippen molar-refractivity contribution in [3.63, 3.8) is 0 Å². The molecular weight excluding hydrogens is 533 g/mol. The zero-order chi connectivity index (χ0) is 25.9. The maximum atomic E-state index is 13.3. The Kier molecular flexibility index (Phi) is 7.91. The third-order valence-corrected chi connectivity index (χ3v) is 7.47. The van der Waals surface area contributed by atoms with Crippen LogP contribution in [-0.2, 0) is 16.1 Å². The third kappa shape index (κ3) is 6.21. The van der Waals surface area contributed by atoms with Gasteiger partial charge in [-0.2, -0.15) is 0 Å². The maximum Gasteiger partial charge on any atom is 0.239 e. The molecule has 2 heterocycles. The van der Waals surface area contributed by atoms with Gasteiger partial charge < -0.3 is 15.4 Å². The minimum Gasteiger partial charge on any atom is -0.457 e. The molecule has 0 radical (unpaired) electrons. The molecule has 3 aromatic carbocycles. The summed E-state index contributed by atoms with van der Waals surface area (Å²) in [5.41, 5.74) is 2.48. The van der Waals surface area contributed by atoms with E-state index >= 15 is 0 Å². The van der Waals surface area contributed by atoms with Gasteiger partial charge in [-0.1, -0.05) is 46.9 Å². The van der Waals surface area contributed by atoms with Crippen molar-refractivity contribution in [3.05, 3.63) is 92.4 Å². The van der Waals surface area contributed by atoms with Gasteiger partial charge in [-0.15, -0.1) is 0 Å². The third-order valence-electron chi connectivity index (χ3n) is 6.74. The number of hydrogen-bond acceptors (Lipinski definition) is 4. The van der Waals surface area contributed by atoms with Gasteiger partial charge in [0, 0.05) is 51.9 Å². The smallest absolute Gasteiger partial charge is 0.239 e. The molecule has 2 N–H and O–H groups in total. The Labute approximate surface area is 230 Å². The molecule has 2 aliphatic rings. The number of carbonyl (C=O) groups excluding carboxylic acids is 2. The lowest BCUT2D eigenvalue weighted by Crippen LogP contribution is -2.47. The number of nitrogens with one attached hydrogen (secondary N) is 2. The number of piperidine rings is 1. The first-order valence-corrected chi connectivity index (χ1v) is 13.3. The summed E-state index contributed by atoms with van der Waals surface area (Å²) in [4.78, 5) is 28.4. The summed E-state index contributed by atoms with van der Waals surface area (Å²) in [6, 6.07) is 18.3. The van der Waals surface area contributed by atoms with E-state index in [0.29, 0.717) is 32.7 Å². The standard InChI is InChI=1S/C28H26Cl3N3O3/c29-18-3-1-17(2-4-18)16-34-11-9-21(10-12-34)33-26(35)15-32-28(36)27-22-13-19(30)5-7-24(22)37-25-8-6-20(31)14-23(25)27/h1-8,13-14,21,27H,9-12,15-16H2,(H,32,36)(H,33,35). The van der Waals surface area contributed by atoms with E-state index in [-0.39, 0.29) is 24.4 Å². The number of hydrogen-bond donors (Lipinski definition) is 2. The van der Waals surface area contributed by atoms with Gasteiger partial charge in [0.2, 0.25) is 11.8 Å². The summed E-state index contributed by atoms with van der Waals surface area (Å²) in [5.74, 6) is -0.124. The zero-order valence-electron chi connectivity index (χ0n) is 20.0. The number of nitrogens with zero attached hydrogens (tertiary/aromatic N) is 1. The van der Waals surface area contributed by atoms with Gasteiger partial charge in [-0.25, -0.2) is 0 Å². The molecule has 1 saturated heterocycles. The minimum absolute atomic E-state index is 0.0769. The van der Waals surface area contributed by atoms with Crippen molar-refractivity contribution < 1.29 is 14.3 Å². The molecule has 2 amide bonds. The molecule has 5 rings (SSSR count). The van der Waals surface area contributed by atoms with Crippen LogP contribution in [0.1, 0.15) is 35.4 Å². The lowest BCUT2D eigenvalue weighted by Gasteiger charge is -2.32. The second kappa shape index (κ2) is 11.3. The van der Waals surface area contributed by atoms with Gasteiger partial charge in [0.25, 0.3) is 0 Å². The Morgan fingerprint density at radius 1 is 0.838 bits per heavy atom. The van der Waals surface area contributed by atoms with Crippen LogP contribution in [-0.4, -0.2) is 42.4 Å². The van der Waals surface area contributed by atoms with E-state index < -0.39 is 5.92 Å². The lowest BCUT2D eigenvalue weighted by molar-refractivity contribution is -0.127. The number of benzene rings is 3. The fourth-order valence-corrected chi connectivity index (χ4v) is 5.36. The number of likely N-dealkylation sites (tertiary alicyclic amines) is 1. The van der Waals surface area contributed by atoms with E-state index in [2.05, 4.69) is 15.5 Å². The predicted molar refractivity (Wildman–Crippen MR) is 146 cm³/mol. The zero-order valence-corrected chi connectivity index (χ0v) is 22.2. The SMILES string of the molecule is O=C(CNC(=O)C1c2cc(Cl)ccc2Oc2ccc(Cl)cc21)NC1CCN(Cc2ccc(Cl)cc2)CC1. The first-order chi connectivity index (χ1) is 17.9. The van der Waals surface area contributed by atoms with Crippen LogP contribution in [0, 0.1) is 0 Å². The molecule has 2 aliphatic heterocycles. The van der Waals surface area contributed by atoms with Crippen molar-refractivity contribution in [3.8, 4) is 11.5 Å². The van der Waals surface area contributed by atoms with Gasteiger partial charge in [0.15, 0.2) is 0 Å².